The van der Waals surface area contributed by atoms with E-state index in [-0.39, 0.29) is 5.69 Å². The van der Waals surface area contributed by atoms with Crippen molar-refractivity contribution < 1.29 is 19.6 Å². The fourth-order valence-electron chi connectivity index (χ4n) is 1.46. The van der Waals surface area contributed by atoms with Crippen molar-refractivity contribution in [2.45, 2.75) is 25.8 Å². The standard InChI is InChI=1S/C12H14N2O5/c1-7(11(15)13-8(2)12(16)17)9-4-3-5-10(6-9)14(18)19/h3-8H,1-2H3,(H,13,15)(H,16,17)/t7?,8-/m0/s1. The topological polar surface area (TPSA) is 110 Å². The van der Waals surface area contributed by atoms with Gasteiger partial charge in [-0.15, -0.1) is 0 Å². The highest BCUT2D eigenvalue weighted by molar-refractivity contribution is 5.87. The van der Waals surface area contributed by atoms with E-state index < -0.39 is 28.8 Å². The lowest BCUT2D eigenvalue weighted by molar-refractivity contribution is -0.384. The minimum absolute atomic E-state index is 0.108. The first kappa shape index (κ1) is 14.6. The zero-order valence-electron chi connectivity index (χ0n) is 10.5. The van der Waals surface area contributed by atoms with E-state index in [0.29, 0.717) is 5.56 Å². The maximum Gasteiger partial charge on any atom is 0.325 e. The molecule has 0 saturated carbocycles. The van der Waals surface area contributed by atoms with Gasteiger partial charge >= 0.3 is 5.97 Å². The molecule has 102 valence electrons. The number of aliphatic carboxylic acids is 1. The first-order valence-electron chi connectivity index (χ1n) is 5.60. The molecule has 0 fully saturated rings. The highest BCUT2D eigenvalue weighted by atomic mass is 16.6. The molecule has 0 radical (unpaired) electrons. The highest BCUT2D eigenvalue weighted by Crippen LogP contribution is 2.20. The lowest BCUT2D eigenvalue weighted by Gasteiger charge is -2.14. The van der Waals surface area contributed by atoms with Crippen LogP contribution in [0.1, 0.15) is 25.3 Å². The maximum atomic E-state index is 11.8. The number of nitrogens with one attached hydrogen (secondary N) is 1. The fourth-order valence-corrected chi connectivity index (χ4v) is 1.46. The van der Waals surface area contributed by atoms with Crippen molar-refractivity contribution in [2.24, 2.45) is 0 Å². The molecule has 1 aromatic carbocycles. The number of hydrogen-bond donors (Lipinski definition) is 2. The summed E-state index contributed by atoms with van der Waals surface area (Å²) in [6, 6.07) is 4.69. The van der Waals surface area contributed by atoms with Crippen LogP contribution < -0.4 is 5.32 Å². The van der Waals surface area contributed by atoms with E-state index in [1.54, 1.807) is 13.0 Å². The van der Waals surface area contributed by atoms with Crippen LogP contribution in [0.3, 0.4) is 0 Å². The summed E-state index contributed by atoms with van der Waals surface area (Å²) in [6.07, 6.45) is 0. The van der Waals surface area contributed by atoms with Crippen molar-refractivity contribution in [2.75, 3.05) is 0 Å². The summed E-state index contributed by atoms with van der Waals surface area (Å²) < 4.78 is 0. The number of nitro groups is 1. The van der Waals surface area contributed by atoms with E-state index in [1.165, 1.54) is 25.1 Å². The molecule has 0 aromatic heterocycles. The van der Waals surface area contributed by atoms with Crippen LogP contribution in [0.5, 0.6) is 0 Å². The number of nitro benzene ring substituents is 1. The largest absolute Gasteiger partial charge is 0.480 e. The Balaban J connectivity index is 2.85. The van der Waals surface area contributed by atoms with E-state index in [0.717, 1.165) is 0 Å². The number of benzene rings is 1. The van der Waals surface area contributed by atoms with Crippen molar-refractivity contribution in [3.8, 4) is 0 Å². The number of non-ortho nitro benzene ring substituents is 1. The summed E-state index contributed by atoms with van der Waals surface area (Å²) in [7, 11) is 0. The summed E-state index contributed by atoms with van der Waals surface area (Å²) in [5.74, 6) is -2.29. The lowest BCUT2D eigenvalue weighted by Crippen LogP contribution is -2.40. The SMILES string of the molecule is CC(C(=O)N[C@@H](C)C(=O)O)c1cccc([N+](=O)[O-])c1. The van der Waals surface area contributed by atoms with Gasteiger partial charge in [0.1, 0.15) is 6.04 Å². The Morgan fingerprint density at radius 3 is 2.53 bits per heavy atom. The molecule has 1 aromatic rings. The van der Waals surface area contributed by atoms with Gasteiger partial charge in [0, 0.05) is 12.1 Å². The highest BCUT2D eigenvalue weighted by Gasteiger charge is 2.21. The van der Waals surface area contributed by atoms with E-state index in [9.17, 15) is 19.7 Å². The molecule has 0 aliphatic heterocycles. The zero-order chi connectivity index (χ0) is 14.6. The van der Waals surface area contributed by atoms with Gasteiger partial charge in [-0.05, 0) is 19.4 Å². The van der Waals surface area contributed by atoms with Crippen LogP contribution in [0.25, 0.3) is 0 Å². The molecule has 1 rings (SSSR count). The second kappa shape index (κ2) is 5.94. The fraction of sp³-hybridized carbons (Fsp3) is 0.333. The van der Waals surface area contributed by atoms with Crippen LogP contribution in [0.15, 0.2) is 24.3 Å². The lowest BCUT2D eigenvalue weighted by atomic mass is 9.99. The van der Waals surface area contributed by atoms with Crippen molar-refractivity contribution in [3.63, 3.8) is 0 Å². The predicted molar refractivity (Wildman–Crippen MR) is 66.8 cm³/mol. The van der Waals surface area contributed by atoms with E-state index in [2.05, 4.69) is 5.32 Å². The molecule has 1 unspecified atom stereocenters. The Kier molecular flexibility index (Phi) is 4.57. The molecule has 7 nitrogen and oxygen atoms in total. The molecule has 0 aliphatic rings. The molecule has 1 amide bonds. The van der Waals surface area contributed by atoms with Gasteiger partial charge in [0.05, 0.1) is 10.8 Å². The maximum absolute atomic E-state index is 11.8. The number of carbonyl (C=O) groups excluding carboxylic acids is 1. The Morgan fingerprint density at radius 2 is 2.00 bits per heavy atom. The van der Waals surface area contributed by atoms with Crippen LogP contribution in [0.2, 0.25) is 0 Å². The van der Waals surface area contributed by atoms with Gasteiger partial charge in [-0.3, -0.25) is 19.7 Å². The molecule has 0 spiro atoms. The van der Waals surface area contributed by atoms with E-state index in [4.69, 9.17) is 5.11 Å². The second-order valence-corrected chi connectivity index (χ2v) is 4.14. The third-order valence-corrected chi connectivity index (χ3v) is 2.70. The smallest absolute Gasteiger partial charge is 0.325 e. The average Bonchev–Trinajstić information content (AvgIpc) is 2.37. The van der Waals surface area contributed by atoms with Gasteiger partial charge in [0.25, 0.3) is 5.69 Å². The molecule has 19 heavy (non-hydrogen) atoms. The minimum atomic E-state index is -1.14. The second-order valence-electron chi connectivity index (χ2n) is 4.14. The van der Waals surface area contributed by atoms with Gasteiger partial charge in [-0.25, -0.2) is 0 Å². The van der Waals surface area contributed by atoms with Crippen LogP contribution >= 0.6 is 0 Å². The monoisotopic (exact) mass is 266 g/mol. The van der Waals surface area contributed by atoms with Gasteiger partial charge < -0.3 is 10.4 Å². The van der Waals surface area contributed by atoms with Gasteiger partial charge in [-0.2, -0.15) is 0 Å². The van der Waals surface area contributed by atoms with Crippen LogP contribution in [0.4, 0.5) is 5.69 Å². The number of carboxylic acids is 1. The average molecular weight is 266 g/mol. The molecule has 0 saturated heterocycles. The zero-order valence-corrected chi connectivity index (χ0v) is 10.5. The van der Waals surface area contributed by atoms with Crippen LogP contribution in [0, 0.1) is 10.1 Å². The van der Waals surface area contributed by atoms with Gasteiger partial charge in [-0.1, -0.05) is 12.1 Å². The number of carbonyl (C=O) groups is 2. The third-order valence-electron chi connectivity index (χ3n) is 2.70. The predicted octanol–water partition coefficient (Wildman–Crippen LogP) is 1.29. The molecule has 2 atom stereocenters. The Hall–Kier alpha value is -2.44. The number of hydrogen-bond acceptors (Lipinski definition) is 4. The number of amides is 1. The number of carboxylic acid groups (broad SMARTS) is 1. The molecule has 0 bridgehead atoms. The molecule has 2 N–H and O–H groups in total. The normalized spacial score (nSPS) is 13.4. The van der Waals surface area contributed by atoms with Crippen molar-refractivity contribution in [1.29, 1.82) is 0 Å². The first-order valence-corrected chi connectivity index (χ1v) is 5.60. The Bertz CT molecular complexity index is 515. The molecular formula is C12H14N2O5. The van der Waals surface area contributed by atoms with Crippen molar-refractivity contribution in [1.82, 2.24) is 5.32 Å². The number of nitrogens with zero attached hydrogens (tertiary/aromatic N) is 1. The molecule has 0 aliphatic carbocycles. The van der Waals surface area contributed by atoms with Gasteiger partial charge in [0.15, 0.2) is 0 Å². The summed E-state index contributed by atoms with van der Waals surface area (Å²) in [4.78, 5) is 32.5. The third kappa shape index (κ3) is 3.77. The van der Waals surface area contributed by atoms with Crippen molar-refractivity contribution >= 4 is 17.6 Å². The van der Waals surface area contributed by atoms with Crippen molar-refractivity contribution in [3.05, 3.63) is 39.9 Å². The summed E-state index contributed by atoms with van der Waals surface area (Å²) in [6.45, 7) is 2.91. The first-order chi connectivity index (χ1) is 8.82. The summed E-state index contributed by atoms with van der Waals surface area (Å²) in [5, 5.41) is 21.7. The Morgan fingerprint density at radius 1 is 1.37 bits per heavy atom. The number of rotatable bonds is 5. The Labute approximate surface area is 109 Å². The summed E-state index contributed by atoms with van der Waals surface area (Å²) >= 11 is 0. The quantitative estimate of drug-likeness (QED) is 0.616. The molecular weight excluding hydrogens is 252 g/mol. The van der Waals surface area contributed by atoms with E-state index >= 15 is 0 Å². The minimum Gasteiger partial charge on any atom is -0.480 e. The van der Waals surface area contributed by atoms with Crippen LogP contribution in [-0.4, -0.2) is 27.9 Å². The molecule has 7 heteroatoms. The van der Waals surface area contributed by atoms with Crippen LogP contribution in [-0.2, 0) is 9.59 Å². The molecule has 0 heterocycles. The van der Waals surface area contributed by atoms with E-state index in [1.807, 2.05) is 0 Å². The van der Waals surface area contributed by atoms with Gasteiger partial charge in [0.2, 0.25) is 5.91 Å². The summed E-state index contributed by atoms with van der Waals surface area (Å²) in [5.41, 5.74) is 0.354.